The van der Waals surface area contributed by atoms with E-state index in [2.05, 4.69) is 4.90 Å². The molecule has 0 aromatic carbocycles. The zero-order chi connectivity index (χ0) is 11.3. The van der Waals surface area contributed by atoms with Crippen LogP contribution in [0.25, 0.3) is 0 Å². The third-order valence-corrected chi connectivity index (χ3v) is 3.65. The molecule has 4 heteroatoms. The number of furan rings is 1. The number of carbonyl (C=O) groups is 1. The van der Waals surface area contributed by atoms with Crippen molar-refractivity contribution >= 4 is 5.97 Å². The highest BCUT2D eigenvalue weighted by molar-refractivity contribution is 5.91. The lowest BCUT2D eigenvalue weighted by molar-refractivity contribution is 0.0690. The predicted octanol–water partition coefficient (Wildman–Crippen LogP) is 2.19. The van der Waals surface area contributed by atoms with Gasteiger partial charge in [0, 0.05) is 18.0 Å². The molecule has 2 heterocycles. The Kier molecular flexibility index (Phi) is 2.07. The normalized spacial score (nSPS) is 20.8. The molecule has 16 heavy (non-hydrogen) atoms. The minimum Gasteiger partial charge on any atom is -0.478 e. The number of fused-ring (bicyclic) bond motifs is 1. The van der Waals surface area contributed by atoms with Gasteiger partial charge >= 0.3 is 5.97 Å². The fourth-order valence-corrected chi connectivity index (χ4v) is 2.59. The van der Waals surface area contributed by atoms with Crippen LogP contribution < -0.4 is 0 Å². The molecule has 1 N–H and O–H groups in total. The van der Waals surface area contributed by atoms with E-state index in [1.807, 2.05) is 7.05 Å². The average Bonchev–Trinajstić information content (AvgIpc) is 2.55. The monoisotopic (exact) mass is 221 g/mol. The lowest BCUT2D eigenvalue weighted by Gasteiger charge is -2.24. The van der Waals surface area contributed by atoms with Gasteiger partial charge in [-0.2, -0.15) is 0 Å². The van der Waals surface area contributed by atoms with Gasteiger partial charge in [-0.3, -0.25) is 4.90 Å². The molecule has 0 amide bonds. The molecular weight excluding hydrogens is 206 g/mol. The maximum Gasteiger partial charge on any atom is 0.339 e. The zero-order valence-electron chi connectivity index (χ0n) is 9.32. The molecule has 4 nitrogen and oxygen atoms in total. The van der Waals surface area contributed by atoms with Gasteiger partial charge in [-0.1, -0.05) is 6.42 Å². The van der Waals surface area contributed by atoms with Crippen molar-refractivity contribution in [3.05, 3.63) is 22.6 Å². The Bertz CT molecular complexity index is 445. The van der Waals surface area contributed by atoms with Gasteiger partial charge < -0.3 is 9.52 Å². The van der Waals surface area contributed by atoms with Crippen LogP contribution in [0.2, 0.25) is 0 Å². The summed E-state index contributed by atoms with van der Waals surface area (Å²) in [5.74, 6) is 1.11. The number of rotatable bonds is 2. The second-order valence-electron chi connectivity index (χ2n) is 4.85. The first-order chi connectivity index (χ1) is 7.66. The minimum atomic E-state index is -0.831. The Balaban J connectivity index is 2.06. The summed E-state index contributed by atoms with van der Waals surface area (Å²) in [5.41, 5.74) is 1.35. The van der Waals surface area contributed by atoms with E-state index in [0.29, 0.717) is 18.0 Å². The number of nitrogens with zero attached hydrogens (tertiary/aromatic N) is 1. The molecule has 1 fully saturated rings. The summed E-state index contributed by atoms with van der Waals surface area (Å²) in [6.07, 6.45) is 3.33. The van der Waals surface area contributed by atoms with Gasteiger partial charge in [0.05, 0.1) is 6.54 Å². The first kappa shape index (κ1) is 9.90. The van der Waals surface area contributed by atoms with Crippen LogP contribution in [-0.2, 0) is 13.1 Å². The molecule has 1 aliphatic heterocycles. The fourth-order valence-electron chi connectivity index (χ4n) is 2.59. The number of carboxylic acids is 1. The molecule has 0 saturated heterocycles. The molecule has 0 spiro atoms. The highest BCUT2D eigenvalue weighted by atomic mass is 16.4. The van der Waals surface area contributed by atoms with Gasteiger partial charge in [-0.05, 0) is 19.9 Å². The third-order valence-electron chi connectivity index (χ3n) is 3.65. The van der Waals surface area contributed by atoms with E-state index in [-0.39, 0.29) is 0 Å². The Labute approximate surface area is 93.8 Å². The van der Waals surface area contributed by atoms with Crippen molar-refractivity contribution < 1.29 is 14.3 Å². The molecular formula is C12H15NO3. The predicted molar refractivity (Wildman–Crippen MR) is 57.4 cm³/mol. The van der Waals surface area contributed by atoms with E-state index in [1.54, 1.807) is 0 Å². The van der Waals surface area contributed by atoms with Crippen LogP contribution in [0.15, 0.2) is 4.42 Å². The minimum absolute atomic E-state index is 0.349. The van der Waals surface area contributed by atoms with Crippen molar-refractivity contribution in [2.75, 3.05) is 7.05 Å². The molecule has 2 aliphatic rings. The van der Waals surface area contributed by atoms with Crippen molar-refractivity contribution in [2.45, 2.75) is 38.3 Å². The van der Waals surface area contributed by atoms with E-state index >= 15 is 0 Å². The summed E-state index contributed by atoms with van der Waals surface area (Å²) in [7, 11) is 1.98. The SMILES string of the molecule is CN1Cc2oc(C3CCC3)c(C(=O)O)c2C1. The molecule has 86 valence electrons. The lowest BCUT2D eigenvalue weighted by Crippen LogP contribution is -2.15. The first-order valence-corrected chi connectivity index (χ1v) is 5.73. The van der Waals surface area contributed by atoms with Gasteiger partial charge in [0.25, 0.3) is 0 Å². The number of hydrogen-bond donors (Lipinski definition) is 1. The topological polar surface area (TPSA) is 53.7 Å². The summed E-state index contributed by atoms with van der Waals surface area (Å²) in [6.45, 7) is 1.44. The van der Waals surface area contributed by atoms with Gasteiger partial charge in [0.1, 0.15) is 17.1 Å². The largest absolute Gasteiger partial charge is 0.478 e. The van der Waals surface area contributed by atoms with Crippen molar-refractivity contribution in [3.8, 4) is 0 Å². The maximum absolute atomic E-state index is 11.3. The van der Waals surface area contributed by atoms with E-state index < -0.39 is 5.97 Å². The first-order valence-electron chi connectivity index (χ1n) is 5.73. The summed E-state index contributed by atoms with van der Waals surface area (Å²) in [4.78, 5) is 13.4. The molecule has 1 aromatic heterocycles. The van der Waals surface area contributed by atoms with E-state index in [0.717, 1.165) is 36.5 Å². The van der Waals surface area contributed by atoms with Crippen LogP contribution in [0.1, 0.15) is 52.6 Å². The summed E-state index contributed by atoms with van der Waals surface area (Å²) >= 11 is 0. The van der Waals surface area contributed by atoms with Crippen LogP contribution in [-0.4, -0.2) is 23.0 Å². The van der Waals surface area contributed by atoms with E-state index in [9.17, 15) is 9.90 Å². The Hall–Kier alpha value is -1.29. The Morgan fingerprint density at radius 1 is 1.44 bits per heavy atom. The lowest BCUT2D eigenvalue weighted by atomic mass is 9.82. The number of hydrogen-bond acceptors (Lipinski definition) is 3. The average molecular weight is 221 g/mol. The molecule has 0 bridgehead atoms. The highest BCUT2D eigenvalue weighted by Crippen LogP contribution is 2.42. The van der Waals surface area contributed by atoms with Crippen LogP contribution >= 0.6 is 0 Å². The molecule has 3 rings (SSSR count). The van der Waals surface area contributed by atoms with E-state index in [4.69, 9.17) is 4.42 Å². The number of carboxylic acid groups (broad SMARTS) is 1. The molecule has 0 atom stereocenters. The smallest absolute Gasteiger partial charge is 0.339 e. The Morgan fingerprint density at radius 3 is 2.75 bits per heavy atom. The van der Waals surface area contributed by atoms with Gasteiger partial charge in [0.2, 0.25) is 0 Å². The standard InChI is InChI=1S/C12H15NO3/c1-13-5-8-9(6-13)16-11(7-3-2-4-7)10(8)12(14)15/h7H,2-6H2,1H3,(H,14,15). The second-order valence-corrected chi connectivity index (χ2v) is 4.85. The van der Waals surface area contributed by atoms with Gasteiger partial charge in [-0.25, -0.2) is 4.79 Å². The highest BCUT2D eigenvalue weighted by Gasteiger charge is 2.35. The molecule has 1 aromatic rings. The molecule has 0 unspecified atom stereocenters. The van der Waals surface area contributed by atoms with Crippen LogP contribution in [0.4, 0.5) is 0 Å². The summed E-state index contributed by atoms with van der Waals surface area (Å²) < 4.78 is 5.77. The fraction of sp³-hybridized carbons (Fsp3) is 0.583. The molecule has 0 radical (unpaired) electrons. The van der Waals surface area contributed by atoms with E-state index in [1.165, 1.54) is 6.42 Å². The van der Waals surface area contributed by atoms with Crippen LogP contribution in [0.3, 0.4) is 0 Å². The van der Waals surface area contributed by atoms with Crippen molar-refractivity contribution in [1.29, 1.82) is 0 Å². The third kappa shape index (κ3) is 1.29. The zero-order valence-corrected chi connectivity index (χ0v) is 9.32. The van der Waals surface area contributed by atoms with Gasteiger partial charge in [0.15, 0.2) is 0 Å². The summed E-state index contributed by atoms with van der Waals surface area (Å²) in [5, 5.41) is 9.29. The van der Waals surface area contributed by atoms with Crippen molar-refractivity contribution in [2.24, 2.45) is 0 Å². The second kappa shape index (κ2) is 3.35. The van der Waals surface area contributed by atoms with Crippen molar-refractivity contribution in [3.63, 3.8) is 0 Å². The Morgan fingerprint density at radius 2 is 2.19 bits per heavy atom. The molecule has 1 saturated carbocycles. The van der Waals surface area contributed by atoms with Crippen LogP contribution in [0, 0.1) is 0 Å². The van der Waals surface area contributed by atoms with Gasteiger partial charge in [-0.15, -0.1) is 0 Å². The van der Waals surface area contributed by atoms with Crippen molar-refractivity contribution in [1.82, 2.24) is 4.90 Å². The molecule has 1 aliphatic carbocycles. The maximum atomic E-state index is 11.3. The quantitative estimate of drug-likeness (QED) is 0.831. The van der Waals surface area contributed by atoms with Crippen LogP contribution in [0.5, 0.6) is 0 Å². The number of aromatic carboxylic acids is 1. The summed E-state index contributed by atoms with van der Waals surface area (Å²) in [6, 6.07) is 0.